The second kappa shape index (κ2) is 11.5. The third-order valence-corrected chi connectivity index (χ3v) is 6.44. The monoisotopic (exact) mass is 454 g/mol. The predicted octanol–water partition coefficient (Wildman–Crippen LogP) is 5.90. The Bertz CT molecular complexity index is 957. The molecule has 0 radical (unpaired) electrons. The molecule has 1 N–H and O–H groups in total. The van der Waals surface area contributed by atoms with Crippen LogP contribution < -0.4 is 5.32 Å². The Balaban J connectivity index is 1.65. The largest absolute Gasteiger partial charge is 0.466 e. The quantitative estimate of drug-likeness (QED) is 0.428. The number of carbonyl (C=O) groups is 2. The molecule has 0 spiro atoms. The summed E-state index contributed by atoms with van der Waals surface area (Å²) in [5, 5.41) is 7.33. The summed E-state index contributed by atoms with van der Waals surface area (Å²) >= 11 is 0. The van der Waals surface area contributed by atoms with Crippen LogP contribution >= 0.6 is 0 Å². The van der Waals surface area contributed by atoms with Gasteiger partial charge in [-0.05, 0) is 69.9 Å². The van der Waals surface area contributed by atoms with E-state index in [1.807, 2.05) is 32.9 Å². The van der Waals surface area contributed by atoms with Crippen LogP contribution in [0.15, 0.2) is 22.7 Å². The average Bonchev–Trinajstić information content (AvgIpc) is 3.11. The summed E-state index contributed by atoms with van der Waals surface area (Å²) in [5.41, 5.74) is 4.83. The number of rotatable bonds is 11. The second-order valence-electron chi connectivity index (χ2n) is 9.81. The van der Waals surface area contributed by atoms with Crippen molar-refractivity contribution in [3.63, 3.8) is 0 Å². The van der Waals surface area contributed by atoms with Crippen LogP contribution in [0.4, 0.5) is 5.69 Å². The number of esters is 1. The first-order valence-corrected chi connectivity index (χ1v) is 12.3. The van der Waals surface area contributed by atoms with Crippen LogP contribution in [-0.4, -0.2) is 23.6 Å². The van der Waals surface area contributed by atoms with E-state index >= 15 is 0 Å². The van der Waals surface area contributed by atoms with Gasteiger partial charge in [-0.3, -0.25) is 9.59 Å². The maximum absolute atomic E-state index is 12.6. The molecule has 0 atom stereocenters. The topological polar surface area (TPSA) is 81.4 Å². The number of aryl methyl sites for hydroxylation is 3. The molecule has 1 aliphatic rings. The number of carbonyl (C=O) groups excluding carboxylic acids is 2. The minimum absolute atomic E-state index is 0.0523. The molecule has 33 heavy (non-hydrogen) atoms. The summed E-state index contributed by atoms with van der Waals surface area (Å²) in [7, 11) is 0. The van der Waals surface area contributed by atoms with Crippen molar-refractivity contribution in [2.75, 3.05) is 11.9 Å². The van der Waals surface area contributed by atoms with E-state index in [0.717, 1.165) is 47.0 Å². The van der Waals surface area contributed by atoms with E-state index in [2.05, 4.69) is 30.4 Å². The van der Waals surface area contributed by atoms with Crippen LogP contribution in [0.2, 0.25) is 0 Å². The van der Waals surface area contributed by atoms with Crippen LogP contribution in [0.25, 0.3) is 0 Å². The van der Waals surface area contributed by atoms with Crippen LogP contribution in [0.3, 0.4) is 0 Å². The van der Waals surface area contributed by atoms with Crippen molar-refractivity contribution in [3.05, 3.63) is 46.3 Å². The van der Waals surface area contributed by atoms with Gasteiger partial charge in [-0.15, -0.1) is 0 Å². The summed E-state index contributed by atoms with van der Waals surface area (Å²) < 4.78 is 10.9. The molecule has 6 nitrogen and oxygen atoms in total. The molecule has 0 bridgehead atoms. The predicted molar refractivity (Wildman–Crippen MR) is 129 cm³/mol. The number of hydrogen-bond acceptors (Lipinski definition) is 5. The number of aromatic nitrogens is 1. The second-order valence-corrected chi connectivity index (χ2v) is 9.81. The molecule has 1 aromatic heterocycles. The molecule has 0 unspecified atom stereocenters. The summed E-state index contributed by atoms with van der Waals surface area (Å²) in [4.78, 5) is 24.6. The van der Waals surface area contributed by atoms with Gasteiger partial charge in [-0.2, -0.15) is 0 Å². The Morgan fingerprint density at radius 1 is 1.18 bits per heavy atom. The van der Waals surface area contributed by atoms with Crippen molar-refractivity contribution in [1.29, 1.82) is 0 Å². The Labute approximate surface area is 197 Å². The molecule has 0 aliphatic heterocycles. The molecule has 6 heteroatoms. The highest BCUT2D eigenvalue weighted by molar-refractivity contribution is 5.91. The van der Waals surface area contributed by atoms with Crippen LogP contribution in [0.5, 0.6) is 0 Å². The lowest BCUT2D eigenvalue weighted by Gasteiger charge is -2.35. The van der Waals surface area contributed by atoms with Gasteiger partial charge in [0.2, 0.25) is 5.91 Å². The summed E-state index contributed by atoms with van der Waals surface area (Å²) in [6, 6.07) is 5.98. The lowest BCUT2D eigenvalue weighted by atomic mass is 9.69. The number of nitrogens with zero attached hydrogens (tertiary/aromatic N) is 1. The smallest absolute Gasteiger partial charge is 0.306 e. The van der Waals surface area contributed by atoms with Crippen LogP contribution in [0.1, 0.15) is 86.9 Å². The van der Waals surface area contributed by atoms with E-state index in [4.69, 9.17) is 9.26 Å². The first kappa shape index (κ1) is 25.0. The summed E-state index contributed by atoms with van der Waals surface area (Å²) in [5.74, 6) is 2.42. The fourth-order valence-electron chi connectivity index (χ4n) is 4.81. The minimum atomic E-state index is -0.213. The Morgan fingerprint density at radius 2 is 1.94 bits per heavy atom. The SMILES string of the molecule is CCOC(=O)CCc1c(CCC(=O)Nc2ccc(C)cc2C)noc1C1CC(CC(C)C)C1. The van der Waals surface area contributed by atoms with E-state index in [9.17, 15) is 9.59 Å². The molecule has 2 aromatic rings. The number of nitrogens with one attached hydrogen (secondary N) is 1. The Hall–Kier alpha value is -2.63. The maximum Gasteiger partial charge on any atom is 0.306 e. The van der Waals surface area contributed by atoms with Crippen molar-refractivity contribution in [2.24, 2.45) is 11.8 Å². The molecular formula is C27H38N2O4. The van der Waals surface area contributed by atoms with Crippen LogP contribution in [0, 0.1) is 25.7 Å². The third-order valence-electron chi connectivity index (χ3n) is 6.44. The highest BCUT2D eigenvalue weighted by Gasteiger charge is 2.35. The van der Waals surface area contributed by atoms with Crippen molar-refractivity contribution in [2.45, 2.75) is 85.5 Å². The normalized spacial score (nSPS) is 17.6. The zero-order valence-electron chi connectivity index (χ0n) is 20.7. The van der Waals surface area contributed by atoms with Gasteiger partial charge < -0.3 is 14.6 Å². The molecule has 1 heterocycles. The van der Waals surface area contributed by atoms with Gasteiger partial charge in [0.05, 0.1) is 12.3 Å². The van der Waals surface area contributed by atoms with E-state index < -0.39 is 0 Å². The van der Waals surface area contributed by atoms with E-state index in [0.29, 0.717) is 44.1 Å². The Kier molecular flexibility index (Phi) is 8.70. The molecule has 0 saturated heterocycles. The molecule has 1 aliphatic carbocycles. The molecule has 180 valence electrons. The maximum atomic E-state index is 12.6. The van der Waals surface area contributed by atoms with Gasteiger partial charge in [0.1, 0.15) is 5.76 Å². The lowest BCUT2D eigenvalue weighted by Crippen LogP contribution is -2.24. The molecule has 1 saturated carbocycles. The minimum Gasteiger partial charge on any atom is -0.466 e. The van der Waals surface area contributed by atoms with Gasteiger partial charge in [-0.1, -0.05) is 36.7 Å². The zero-order valence-corrected chi connectivity index (χ0v) is 20.7. The summed E-state index contributed by atoms with van der Waals surface area (Å²) in [6.45, 7) is 10.7. The van der Waals surface area contributed by atoms with Gasteiger partial charge in [0, 0.05) is 36.4 Å². The number of hydrogen-bond donors (Lipinski definition) is 1. The molecular weight excluding hydrogens is 416 g/mol. The standard InChI is InChI=1S/C27H38N2O4/c1-6-32-26(31)12-8-22-24(29-33-27(22)21-15-20(16-21)13-17(2)3)10-11-25(30)28-23-9-7-18(4)14-19(23)5/h7,9,14,17,20-21H,6,8,10-13,15-16H2,1-5H3,(H,28,30). The first-order chi connectivity index (χ1) is 15.8. The molecule has 1 fully saturated rings. The average molecular weight is 455 g/mol. The fraction of sp³-hybridized carbons (Fsp3) is 0.593. The molecule has 3 rings (SSSR count). The van der Waals surface area contributed by atoms with E-state index in [1.54, 1.807) is 0 Å². The van der Waals surface area contributed by atoms with Crippen molar-refractivity contribution in [1.82, 2.24) is 5.16 Å². The van der Waals surface area contributed by atoms with E-state index in [1.165, 1.54) is 12.0 Å². The molecule has 1 amide bonds. The van der Waals surface area contributed by atoms with Crippen molar-refractivity contribution >= 4 is 17.6 Å². The highest BCUT2D eigenvalue weighted by Crippen LogP contribution is 2.46. The van der Waals surface area contributed by atoms with Crippen molar-refractivity contribution < 1.29 is 18.8 Å². The van der Waals surface area contributed by atoms with Crippen molar-refractivity contribution in [3.8, 4) is 0 Å². The zero-order chi connectivity index (χ0) is 24.0. The number of ether oxygens (including phenoxy) is 1. The fourth-order valence-corrected chi connectivity index (χ4v) is 4.81. The number of amides is 1. The Morgan fingerprint density at radius 3 is 2.61 bits per heavy atom. The van der Waals surface area contributed by atoms with Crippen LogP contribution in [-0.2, 0) is 27.2 Å². The highest BCUT2D eigenvalue weighted by atomic mass is 16.5. The third kappa shape index (κ3) is 6.92. The van der Waals surface area contributed by atoms with Gasteiger partial charge in [0.15, 0.2) is 0 Å². The molecule has 1 aromatic carbocycles. The van der Waals surface area contributed by atoms with Gasteiger partial charge in [0.25, 0.3) is 0 Å². The lowest BCUT2D eigenvalue weighted by molar-refractivity contribution is -0.143. The number of benzene rings is 1. The van der Waals surface area contributed by atoms with E-state index in [-0.39, 0.29) is 11.9 Å². The van der Waals surface area contributed by atoms with Gasteiger partial charge in [-0.25, -0.2) is 0 Å². The summed E-state index contributed by atoms with van der Waals surface area (Å²) in [6.07, 6.45) is 5.07. The number of anilines is 1. The first-order valence-electron chi connectivity index (χ1n) is 12.3. The van der Waals surface area contributed by atoms with Gasteiger partial charge >= 0.3 is 5.97 Å².